The number of aliphatic carboxylic acids is 1. The number of carbonyl (C=O) groups is 7. The first-order chi connectivity index (χ1) is 38.0. The predicted molar refractivity (Wildman–Crippen MR) is 285 cm³/mol. The SMILES string of the molecule is C[C@H]1CCc2c(ccc(-c3cnn(C4CCN(C(=O)c5ccc(N6CCC(CN7CCN(c8ccc9c(c8)C(=O)N(C8CCC(=O)NC8=O)C9=O)CC7)CC6)cc5)CC4)c3)c2OC2CCC2)N1C(=O)C1CC1.O=C(O)C(F)(F)F. The van der Waals surface area contributed by atoms with Gasteiger partial charge in [0.15, 0.2) is 0 Å². The number of fused-ring (bicyclic) bond motifs is 2. The molecule has 0 spiro atoms. The minimum Gasteiger partial charge on any atom is -0.489 e. The fourth-order valence-electron chi connectivity index (χ4n) is 12.3. The molecule has 2 aliphatic carbocycles. The Morgan fingerprint density at radius 1 is 0.734 bits per heavy atom. The van der Waals surface area contributed by atoms with E-state index in [2.05, 4.69) is 67.0 Å². The Balaban J connectivity index is 0.000000886. The van der Waals surface area contributed by atoms with E-state index in [9.17, 15) is 41.9 Å². The normalized spacial score (nSPS) is 22.5. The van der Waals surface area contributed by atoms with E-state index in [0.717, 1.165) is 160 Å². The fourth-order valence-corrected chi connectivity index (χ4v) is 12.3. The third-order valence-corrected chi connectivity index (χ3v) is 17.3. The van der Waals surface area contributed by atoms with Crippen molar-refractivity contribution in [3.05, 3.63) is 89.2 Å². The molecule has 2 saturated carbocycles. The van der Waals surface area contributed by atoms with Crippen molar-refractivity contribution < 1.29 is 56.6 Å². The minimum absolute atomic E-state index is 0.0755. The van der Waals surface area contributed by atoms with Crippen LogP contribution in [-0.2, 0) is 25.6 Å². The smallest absolute Gasteiger partial charge is 0.489 e. The summed E-state index contributed by atoms with van der Waals surface area (Å²) in [5.41, 5.74) is 7.63. The summed E-state index contributed by atoms with van der Waals surface area (Å²) in [5.74, 6) is -2.69. The topological polar surface area (TPSA) is 198 Å². The molecule has 79 heavy (non-hydrogen) atoms. The summed E-state index contributed by atoms with van der Waals surface area (Å²) in [5, 5.41) is 14.3. The van der Waals surface area contributed by atoms with Crippen LogP contribution in [0.5, 0.6) is 5.75 Å². The van der Waals surface area contributed by atoms with Crippen LogP contribution in [-0.4, -0.2) is 154 Å². The van der Waals surface area contributed by atoms with Crippen LogP contribution in [0.2, 0.25) is 0 Å². The first-order valence-electron chi connectivity index (χ1n) is 28.0. The van der Waals surface area contributed by atoms with Crippen LogP contribution in [0.25, 0.3) is 11.1 Å². The van der Waals surface area contributed by atoms with Crippen molar-refractivity contribution in [1.29, 1.82) is 0 Å². The molecular weight excluding hydrogens is 1020 g/mol. The lowest BCUT2D eigenvalue weighted by molar-refractivity contribution is -0.192. The zero-order chi connectivity index (χ0) is 55.3. The van der Waals surface area contributed by atoms with Gasteiger partial charge in [-0.15, -0.1) is 0 Å². The first-order valence-corrected chi connectivity index (χ1v) is 28.0. The lowest BCUT2D eigenvalue weighted by Crippen LogP contribution is -2.54. The van der Waals surface area contributed by atoms with E-state index in [0.29, 0.717) is 30.1 Å². The molecule has 3 aromatic carbocycles. The molecule has 2 atom stereocenters. The van der Waals surface area contributed by atoms with Gasteiger partial charge >= 0.3 is 12.1 Å². The number of amides is 6. The summed E-state index contributed by atoms with van der Waals surface area (Å²) in [6.45, 7) is 9.92. The molecule has 1 unspecified atom stereocenters. The zero-order valence-electron chi connectivity index (χ0n) is 44.3. The van der Waals surface area contributed by atoms with E-state index < -0.39 is 35.9 Å². The average Bonchev–Trinajstić information content (AvgIpc) is 4.28. The predicted octanol–water partition coefficient (Wildman–Crippen LogP) is 7.11. The minimum atomic E-state index is -5.08. The molecule has 4 saturated heterocycles. The molecule has 418 valence electrons. The van der Waals surface area contributed by atoms with Gasteiger partial charge in [0.2, 0.25) is 17.7 Å². The van der Waals surface area contributed by atoms with Crippen LogP contribution in [0.15, 0.2) is 67.0 Å². The highest BCUT2D eigenvalue weighted by Gasteiger charge is 2.45. The number of rotatable bonds is 11. The van der Waals surface area contributed by atoms with Crippen molar-refractivity contribution in [2.75, 3.05) is 73.6 Å². The average molecular weight is 1090 g/mol. The summed E-state index contributed by atoms with van der Waals surface area (Å²) in [6.07, 6.45) is 10.4. The van der Waals surface area contributed by atoms with Gasteiger partial charge in [-0.05, 0) is 144 Å². The van der Waals surface area contributed by atoms with Crippen molar-refractivity contribution >= 4 is 58.5 Å². The maximum Gasteiger partial charge on any atom is 0.490 e. The summed E-state index contributed by atoms with van der Waals surface area (Å²) in [4.78, 5) is 99.2. The molecule has 4 aromatic rings. The summed E-state index contributed by atoms with van der Waals surface area (Å²) in [6, 6.07) is 17.2. The number of anilines is 3. The van der Waals surface area contributed by atoms with Crippen LogP contribution >= 0.6 is 0 Å². The fraction of sp³-hybridized carbons (Fsp3) is 0.517. The molecule has 0 radical (unpaired) electrons. The maximum absolute atomic E-state index is 13.8. The van der Waals surface area contributed by atoms with Crippen LogP contribution in [0.3, 0.4) is 0 Å². The Labute approximate surface area is 455 Å². The van der Waals surface area contributed by atoms with Crippen LogP contribution in [0.4, 0.5) is 30.2 Å². The van der Waals surface area contributed by atoms with Crippen LogP contribution in [0.1, 0.15) is 127 Å². The zero-order valence-corrected chi connectivity index (χ0v) is 44.3. The standard InChI is InChI=1S/C56H65N9O7.C2HF3O2/c1-35-5-13-46-48(64(35)54(69)38-6-7-38)16-15-44(51(46)72-43-3-2-4-43)39-32-57-63(34-39)41-21-25-62(26-22-41)53(68)37-8-10-40(11-9-37)60-23-19-36(20-24-60)33-59-27-29-61(30-28-59)42-12-14-45-47(31-42)56(71)65(55(45)70)49-17-18-50(66)58-52(49)67;3-2(4,5)1(6)7/h8-12,14-16,31-32,34-36,38,41,43,49H,2-7,13,17-30,33H2,1H3,(H,58,66,67);(H,6,7)/t35-,49?;/m0./s1. The van der Waals surface area contributed by atoms with Crippen molar-refractivity contribution in [3.8, 4) is 16.9 Å². The molecule has 12 rings (SSSR count). The highest BCUT2D eigenvalue weighted by atomic mass is 19.4. The Hall–Kier alpha value is -7.29. The Morgan fingerprint density at radius 2 is 1.39 bits per heavy atom. The number of nitrogens with one attached hydrogen (secondary N) is 1. The number of carboxylic acid groups (broad SMARTS) is 1. The van der Waals surface area contributed by atoms with E-state index in [1.165, 1.54) is 6.42 Å². The number of hydrogen-bond donors (Lipinski definition) is 2. The summed E-state index contributed by atoms with van der Waals surface area (Å²) >= 11 is 0. The molecule has 1 aromatic heterocycles. The van der Waals surface area contributed by atoms with E-state index in [-0.39, 0.29) is 54.7 Å². The first kappa shape index (κ1) is 53.7. The number of benzene rings is 3. The second-order valence-corrected chi connectivity index (χ2v) is 22.5. The number of halogens is 3. The lowest BCUT2D eigenvalue weighted by Gasteiger charge is -2.40. The molecule has 7 heterocycles. The molecular formula is C58H66F3N9O9. The second kappa shape index (κ2) is 22.1. The number of likely N-dealkylation sites (tertiary alicyclic amines) is 1. The van der Waals surface area contributed by atoms with Gasteiger partial charge in [-0.25, -0.2) is 4.79 Å². The van der Waals surface area contributed by atoms with Gasteiger partial charge in [-0.3, -0.25) is 48.6 Å². The van der Waals surface area contributed by atoms with Gasteiger partial charge < -0.3 is 29.4 Å². The van der Waals surface area contributed by atoms with Gasteiger partial charge in [0, 0.05) is 117 Å². The number of piperazine rings is 1. The number of piperidine rings is 3. The maximum atomic E-state index is 13.8. The number of alkyl halides is 3. The summed E-state index contributed by atoms with van der Waals surface area (Å²) < 4.78 is 40.6. The molecule has 8 aliphatic rings. The van der Waals surface area contributed by atoms with Crippen molar-refractivity contribution in [1.82, 2.24) is 29.8 Å². The van der Waals surface area contributed by atoms with Gasteiger partial charge in [0.25, 0.3) is 17.7 Å². The van der Waals surface area contributed by atoms with Gasteiger partial charge in [-0.1, -0.05) is 0 Å². The highest BCUT2D eigenvalue weighted by Crippen LogP contribution is 2.47. The number of hydrogen-bond acceptors (Lipinski definition) is 12. The third-order valence-electron chi connectivity index (χ3n) is 17.3. The van der Waals surface area contributed by atoms with Crippen LogP contribution < -0.4 is 24.8 Å². The number of nitrogens with zero attached hydrogens (tertiary/aromatic N) is 8. The Kier molecular flexibility index (Phi) is 15.0. The van der Waals surface area contributed by atoms with E-state index in [1.54, 1.807) is 12.1 Å². The van der Waals surface area contributed by atoms with E-state index in [4.69, 9.17) is 19.7 Å². The Morgan fingerprint density at radius 3 is 2.04 bits per heavy atom. The molecule has 21 heteroatoms. The van der Waals surface area contributed by atoms with E-state index >= 15 is 0 Å². The lowest BCUT2D eigenvalue weighted by atomic mass is 9.91. The number of carboxylic acids is 1. The largest absolute Gasteiger partial charge is 0.490 e. The van der Waals surface area contributed by atoms with E-state index in [1.807, 2.05) is 29.3 Å². The molecule has 2 N–H and O–H groups in total. The third kappa shape index (κ3) is 11.2. The quantitative estimate of drug-likeness (QED) is 0.144. The molecule has 18 nitrogen and oxygen atoms in total. The number of ether oxygens (including phenoxy) is 1. The summed E-state index contributed by atoms with van der Waals surface area (Å²) in [7, 11) is 0. The van der Waals surface area contributed by atoms with Crippen molar-refractivity contribution in [2.24, 2.45) is 11.8 Å². The molecule has 0 bridgehead atoms. The highest BCUT2D eigenvalue weighted by molar-refractivity contribution is 6.23. The number of imide groups is 2. The molecule has 6 aliphatic heterocycles. The number of carbonyl (C=O) groups excluding carboxylic acids is 6. The Bertz CT molecular complexity index is 3020. The molecule has 6 fully saturated rings. The van der Waals surface area contributed by atoms with Gasteiger partial charge in [0.05, 0.1) is 35.2 Å². The number of aromatic nitrogens is 2. The van der Waals surface area contributed by atoms with Gasteiger partial charge in [0.1, 0.15) is 11.8 Å². The monoisotopic (exact) mass is 1090 g/mol. The second-order valence-electron chi connectivity index (χ2n) is 22.5. The molecule has 6 amide bonds. The van der Waals surface area contributed by atoms with Crippen molar-refractivity contribution in [3.63, 3.8) is 0 Å². The van der Waals surface area contributed by atoms with Crippen molar-refractivity contribution in [2.45, 2.75) is 121 Å². The van der Waals surface area contributed by atoms with Gasteiger partial charge in [-0.2, -0.15) is 18.3 Å². The van der Waals surface area contributed by atoms with Crippen LogP contribution in [0, 0.1) is 11.8 Å².